The first-order chi connectivity index (χ1) is 17.6. The Morgan fingerprint density at radius 2 is 1.89 bits per heavy atom. The molecular weight excluding hydrogens is 468 g/mol. The fourth-order valence-corrected chi connectivity index (χ4v) is 6.94. The molecule has 4 aromatic rings. The molecule has 0 unspecified atom stereocenters. The van der Waals surface area contributed by atoms with Gasteiger partial charge in [0, 0.05) is 49.0 Å². The van der Waals surface area contributed by atoms with Gasteiger partial charge >= 0.3 is 0 Å². The highest BCUT2D eigenvalue weighted by Gasteiger charge is 2.32. The van der Waals surface area contributed by atoms with Gasteiger partial charge in [0.2, 0.25) is 5.91 Å². The van der Waals surface area contributed by atoms with Crippen LogP contribution in [0.2, 0.25) is 0 Å². The molecule has 0 spiro atoms. The molecule has 184 valence electrons. The molecule has 1 aliphatic carbocycles. The number of nitrogens with zero attached hydrogens (tertiary/aromatic N) is 5. The number of piperazine rings is 1. The molecule has 1 saturated heterocycles. The molecule has 1 aromatic carbocycles. The first kappa shape index (κ1) is 23.1. The van der Waals surface area contributed by atoms with Crippen molar-refractivity contribution in [2.24, 2.45) is 11.7 Å². The minimum absolute atomic E-state index is 0.307. The fraction of sp³-hybridized carbons (Fsp3) is 0.357. The Hall–Kier alpha value is -3.36. The fourth-order valence-electron chi connectivity index (χ4n) is 5.56. The van der Waals surface area contributed by atoms with Gasteiger partial charge in [-0.25, -0.2) is 9.97 Å². The Morgan fingerprint density at radius 3 is 2.61 bits per heavy atom. The summed E-state index contributed by atoms with van der Waals surface area (Å²) in [6, 6.07) is 13.4. The predicted molar refractivity (Wildman–Crippen MR) is 144 cm³/mol. The molecule has 0 radical (unpaired) electrons. The molecular formula is C28H30N6OS. The topological polar surface area (TPSA) is 88.2 Å². The van der Waals surface area contributed by atoms with Crippen LogP contribution < -0.4 is 10.6 Å². The van der Waals surface area contributed by atoms with E-state index in [2.05, 4.69) is 21.7 Å². The van der Waals surface area contributed by atoms with E-state index in [4.69, 9.17) is 15.7 Å². The third-order valence-corrected chi connectivity index (χ3v) is 8.57. The lowest BCUT2D eigenvalue weighted by Crippen LogP contribution is -2.50. The smallest absolute Gasteiger partial charge is 0.239 e. The third kappa shape index (κ3) is 4.24. The highest BCUT2D eigenvalue weighted by Crippen LogP contribution is 2.42. The Balaban J connectivity index is 1.36. The van der Waals surface area contributed by atoms with Crippen LogP contribution in [0.3, 0.4) is 0 Å². The number of fused-ring (bicyclic) bond motifs is 3. The number of hydrogen-bond donors (Lipinski definition) is 1. The van der Waals surface area contributed by atoms with Crippen molar-refractivity contribution in [1.82, 2.24) is 19.9 Å². The summed E-state index contributed by atoms with van der Waals surface area (Å²) >= 11 is 1.83. The van der Waals surface area contributed by atoms with Crippen LogP contribution in [0.25, 0.3) is 21.6 Å². The molecule has 2 atom stereocenters. The first-order valence-electron chi connectivity index (χ1n) is 12.6. The summed E-state index contributed by atoms with van der Waals surface area (Å²) in [4.78, 5) is 33.9. The number of pyridine rings is 1. The molecule has 4 heterocycles. The maximum absolute atomic E-state index is 12.4. The zero-order valence-electron chi connectivity index (χ0n) is 20.4. The highest BCUT2D eigenvalue weighted by molar-refractivity contribution is 7.19. The van der Waals surface area contributed by atoms with Gasteiger partial charge in [-0.2, -0.15) is 0 Å². The van der Waals surface area contributed by atoms with Crippen LogP contribution in [-0.2, 0) is 17.6 Å². The van der Waals surface area contributed by atoms with Crippen LogP contribution in [0.1, 0.15) is 35.4 Å². The number of carbonyl (C=O) groups excluding carboxylic acids is 1. The Labute approximate surface area is 215 Å². The quantitative estimate of drug-likeness (QED) is 0.443. The van der Waals surface area contributed by atoms with E-state index in [1.54, 1.807) is 6.20 Å². The van der Waals surface area contributed by atoms with E-state index in [-0.39, 0.29) is 5.91 Å². The SMILES string of the molecule is C[C@@H]1CCc2c(sc3nc(-c4cccnc4)nc(N4CCN([C@@H](C(N)=O)c5ccccc5)CC4)c23)C1. The Morgan fingerprint density at radius 1 is 1.08 bits per heavy atom. The number of aromatic nitrogens is 3. The second-order valence-electron chi connectivity index (χ2n) is 9.88. The van der Waals surface area contributed by atoms with Gasteiger partial charge in [-0.3, -0.25) is 14.7 Å². The van der Waals surface area contributed by atoms with Crippen molar-refractivity contribution in [3.05, 3.63) is 70.9 Å². The monoisotopic (exact) mass is 498 g/mol. The van der Waals surface area contributed by atoms with Crippen LogP contribution in [0.15, 0.2) is 54.9 Å². The maximum Gasteiger partial charge on any atom is 0.239 e. The molecule has 7 nitrogen and oxygen atoms in total. The molecule has 36 heavy (non-hydrogen) atoms. The van der Waals surface area contributed by atoms with Crippen molar-refractivity contribution in [2.45, 2.75) is 32.2 Å². The van der Waals surface area contributed by atoms with Crippen LogP contribution in [-0.4, -0.2) is 51.9 Å². The molecule has 0 bridgehead atoms. The van der Waals surface area contributed by atoms with Crippen molar-refractivity contribution < 1.29 is 4.79 Å². The average molecular weight is 499 g/mol. The number of primary amides is 1. The standard InChI is InChI=1S/C28H30N6OS/c1-18-9-10-21-22(16-18)36-28-23(21)27(31-26(32-28)20-8-5-11-30-17-20)34-14-12-33(13-15-34)24(25(29)35)19-6-3-2-4-7-19/h2-8,11,17-18,24H,9-10,12-16H2,1H3,(H2,29,35)/t18-,24-/m1/s1. The number of rotatable bonds is 5. The number of nitrogens with two attached hydrogens (primary N) is 1. The number of benzene rings is 1. The van der Waals surface area contributed by atoms with E-state index in [0.717, 1.165) is 66.6 Å². The predicted octanol–water partition coefficient (Wildman–Crippen LogP) is 4.23. The zero-order valence-corrected chi connectivity index (χ0v) is 21.2. The van der Waals surface area contributed by atoms with E-state index < -0.39 is 6.04 Å². The maximum atomic E-state index is 12.4. The van der Waals surface area contributed by atoms with Crippen LogP contribution in [0.4, 0.5) is 5.82 Å². The van der Waals surface area contributed by atoms with Crippen molar-refractivity contribution in [3.8, 4) is 11.4 Å². The summed E-state index contributed by atoms with van der Waals surface area (Å²) in [5, 5.41) is 1.22. The highest BCUT2D eigenvalue weighted by atomic mass is 32.1. The van der Waals surface area contributed by atoms with E-state index in [1.165, 1.54) is 22.2 Å². The summed E-state index contributed by atoms with van der Waals surface area (Å²) in [7, 11) is 0. The number of aryl methyl sites for hydroxylation is 1. The van der Waals surface area contributed by atoms with Gasteiger partial charge in [0.25, 0.3) is 0 Å². The summed E-state index contributed by atoms with van der Waals surface area (Å²) in [5.41, 5.74) is 9.17. The summed E-state index contributed by atoms with van der Waals surface area (Å²) < 4.78 is 0. The molecule has 3 aromatic heterocycles. The summed E-state index contributed by atoms with van der Waals surface area (Å²) in [6.07, 6.45) is 7.00. The van der Waals surface area contributed by atoms with Gasteiger partial charge < -0.3 is 10.6 Å². The zero-order chi connectivity index (χ0) is 24.6. The Kier molecular flexibility index (Phi) is 6.15. The Bertz CT molecular complexity index is 1380. The molecule has 1 fully saturated rings. The van der Waals surface area contributed by atoms with Crippen molar-refractivity contribution in [2.75, 3.05) is 31.1 Å². The number of anilines is 1. The molecule has 6 rings (SSSR count). The molecule has 2 N–H and O–H groups in total. The molecule has 8 heteroatoms. The second kappa shape index (κ2) is 9.59. The molecule has 1 amide bonds. The molecule has 2 aliphatic rings. The lowest BCUT2D eigenvalue weighted by molar-refractivity contribution is -0.123. The van der Waals surface area contributed by atoms with Crippen LogP contribution >= 0.6 is 11.3 Å². The van der Waals surface area contributed by atoms with E-state index in [9.17, 15) is 4.79 Å². The van der Waals surface area contributed by atoms with E-state index in [1.807, 2.05) is 60.0 Å². The largest absolute Gasteiger partial charge is 0.368 e. The van der Waals surface area contributed by atoms with Crippen LogP contribution in [0, 0.1) is 5.92 Å². The molecule has 1 aliphatic heterocycles. The van der Waals surface area contributed by atoms with Gasteiger partial charge in [0.05, 0.1) is 5.39 Å². The van der Waals surface area contributed by atoms with Gasteiger partial charge in [0.15, 0.2) is 5.82 Å². The lowest BCUT2D eigenvalue weighted by atomic mass is 9.89. The first-order valence-corrected chi connectivity index (χ1v) is 13.5. The minimum Gasteiger partial charge on any atom is -0.368 e. The van der Waals surface area contributed by atoms with E-state index in [0.29, 0.717) is 5.92 Å². The third-order valence-electron chi connectivity index (χ3n) is 7.42. The average Bonchev–Trinajstić information content (AvgIpc) is 3.27. The van der Waals surface area contributed by atoms with Crippen molar-refractivity contribution in [1.29, 1.82) is 0 Å². The van der Waals surface area contributed by atoms with Crippen molar-refractivity contribution in [3.63, 3.8) is 0 Å². The summed E-state index contributed by atoms with van der Waals surface area (Å²) in [6.45, 7) is 5.35. The number of hydrogen-bond acceptors (Lipinski definition) is 7. The lowest BCUT2D eigenvalue weighted by Gasteiger charge is -2.39. The number of amides is 1. The van der Waals surface area contributed by atoms with Crippen LogP contribution in [0.5, 0.6) is 0 Å². The number of thiophene rings is 1. The van der Waals surface area contributed by atoms with Gasteiger partial charge in [0.1, 0.15) is 16.7 Å². The van der Waals surface area contributed by atoms with Crippen molar-refractivity contribution >= 4 is 33.3 Å². The van der Waals surface area contributed by atoms with Gasteiger partial charge in [-0.1, -0.05) is 37.3 Å². The van der Waals surface area contributed by atoms with Gasteiger partial charge in [-0.15, -0.1) is 11.3 Å². The normalized spacial score (nSPS) is 19.2. The van der Waals surface area contributed by atoms with Gasteiger partial charge in [-0.05, 0) is 48.4 Å². The number of carbonyl (C=O) groups is 1. The molecule has 0 saturated carbocycles. The van der Waals surface area contributed by atoms with E-state index >= 15 is 0 Å². The minimum atomic E-state index is -0.417. The second-order valence-corrected chi connectivity index (χ2v) is 11.0. The summed E-state index contributed by atoms with van der Waals surface area (Å²) in [5.74, 6) is 2.13.